The summed E-state index contributed by atoms with van der Waals surface area (Å²) in [4.78, 5) is 0.271. The summed E-state index contributed by atoms with van der Waals surface area (Å²) in [5.41, 5.74) is 0.600. The fourth-order valence-corrected chi connectivity index (χ4v) is 4.42. The molecular formula is C16H21NO3S. The van der Waals surface area contributed by atoms with Gasteiger partial charge in [-0.2, -0.15) is 4.31 Å². The Bertz CT molecular complexity index is 658. The second kappa shape index (κ2) is 6.61. The van der Waals surface area contributed by atoms with Gasteiger partial charge < -0.3 is 5.11 Å². The van der Waals surface area contributed by atoms with Gasteiger partial charge in [-0.25, -0.2) is 8.42 Å². The lowest BCUT2D eigenvalue weighted by Gasteiger charge is -2.35. The molecule has 4 nitrogen and oxygen atoms in total. The highest BCUT2D eigenvalue weighted by atomic mass is 32.2. The predicted molar refractivity (Wildman–Crippen MR) is 82.2 cm³/mol. The van der Waals surface area contributed by atoms with E-state index in [0.717, 1.165) is 12.8 Å². The summed E-state index contributed by atoms with van der Waals surface area (Å²) in [6.45, 7) is 4.37. The fourth-order valence-electron chi connectivity index (χ4n) is 2.59. The Labute approximate surface area is 126 Å². The Balaban J connectivity index is 2.34. The molecular weight excluding hydrogens is 286 g/mol. The molecule has 0 aliphatic carbocycles. The average Bonchev–Trinajstić information content (AvgIpc) is 2.48. The zero-order valence-electron chi connectivity index (χ0n) is 12.4. The van der Waals surface area contributed by atoms with Gasteiger partial charge in [0.1, 0.15) is 6.61 Å². The van der Waals surface area contributed by atoms with Gasteiger partial charge in [-0.15, -0.1) is 0 Å². The summed E-state index contributed by atoms with van der Waals surface area (Å²) in [5, 5.41) is 8.72. The lowest BCUT2D eigenvalue weighted by molar-refractivity contribution is 0.218. The normalized spacial score (nSPS) is 23.4. The van der Waals surface area contributed by atoms with Crippen LogP contribution in [0.5, 0.6) is 0 Å². The minimum absolute atomic E-state index is 0.0263. The van der Waals surface area contributed by atoms with E-state index in [0.29, 0.717) is 18.0 Å². The van der Waals surface area contributed by atoms with Crippen molar-refractivity contribution in [1.82, 2.24) is 4.31 Å². The molecule has 0 radical (unpaired) electrons. The lowest BCUT2D eigenvalue weighted by Crippen LogP contribution is -2.44. The molecule has 0 saturated carbocycles. The first-order chi connectivity index (χ1) is 9.95. The van der Waals surface area contributed by atoms with E-state index in [1.54, 1.807) is 28.6 Å². The fraction of sp³-hybridized carbons (Fsp3) is 0.500. The summed E-state index contributed by atoms with van der Waals surface area (Å²) in [7, 11) is -3.49. The van der Waals surface area contributed by atoms with Crippen LogP contribution in [0, 0.1) is 17.8 Å². The van der Waals surface area contributed by atoms with Crippen molar-refractivity contribution in [2.75, 3.05) is 13.2 Å². The zero-order chi connectivity index (χ0) is 15.5. The van der Waals surface area contributed by atoms with Gasteiger partial charge in [0.15, 0.2) is 0 Å². The summed E-state index contributed by atoms with van der Waals surface area (Å²) in [6.07, 6.45) is 1.96. The number of hydrogen-bond donors (Lipinski definition) is 1. The van der Waals surface area contributed by atoms with Crippen molar-refractivity contribution in [1.29, 1.82) is 0 Å². The summed E-state index contributed by atoms with van der Waals surface area (Å²) < 4.78 is 27.2. The van der Waals surface area contributed by atoms with E-state index in [2.05, 4.69) is 18.8 Å². The number of hydrogen-bond acceptors (Lipinski definition) is 3. The van der Waals surface area contributed by atoms with Crippen molar-refractivity contribution in [2.45, 2.75) is 37.6 Å². The largest absolute Gasteiger partial charge is 0.384 e. The van der Waals surface area contributed by atoms with Gasteiger partial charge >= 0.3 is 0 Å². The molecule has 1 aromatic carbocycles. The summed E-state index contributed by atoms with van der Waals surface area (Å²) in [5.74, 6) is 5.67. The second-order valence-electron chi connectivity index (χ2n) is 5.59. The van der Waals surface area contributed by atoms with Crippen molar-refractivity contribution in [3.05, 3.63) is 29.8 Å². The standard InChI is InChI=1S/C16H21NO3S/c1-13-8-9-14(2)17(12-13)21(19,20)16-7-3-5-15(11-16)6-4-10-18/h3,5,7,11,13-14,18H,8-10,12H2,1-2H3. The molecule has 21 heavy (non-hydrogen) atoms. The van der Waals surface area contributed by atoms with Gasteiger partial charge in [-0.05, 0) is 43.9 Å². The van der Waals surface area contributed by atoms with Gasteiger partial charge in [0.2, 0.25) is 10.0 Å². The van der Waals surface area contributed by atoms with Gasteiger partial charge in [0.25, 0.3) is 0 Å². The second-order valence-corrected chi connectivity index (χ2v) is 7.48. The molecule has 1 aliphatic heterocycles. The van der Waals surface area contributed by atoms with E-state index >= 15 is 0 Å². The highest BCUT2D eigenvalue weighted by Gasteiger charge is 2.33. The average molecular weight is 307 g/mol. The number of aliphatic hydroxyl groups excluding tert-OH is 1. The molecule has 2 atom stereocenters. The monoisotopic (exact) mass is 307 g/mol. The zero-order valence-corrected chi connectivity index (χ0v) is 13.2. The lowest BCUT2D eigenvalue weighted by atomic mass is 9.97. The first-order valence-electron chi connectivity index (χ1n) is 7.17. The van der Waals surface area contributed by atoms with Crippen molar-refractivity contribution >= 4 is 10.0 Å². The van der Waals surface area contributed by atoms with Gasteiger partial charge in [0.05, 0.1) is 4.90 Å². The third-order valence-electron chi connectivity index (χ3n) is 3.81. The number of rotatable bonds is 2. The van der Waals surface area contributed by atoms with Crippen LogP contribution in [0.4, 0.5) is 0 Å². The molecule has 0 spiro atoms. The van der Waals surface area contributed by atoms with Crippen molar-refractivity contribution < 1.29 is 13.5 Å². The Morgan fingerprint density at radius 3 is 2.81 bits per heavy atom. The van der Waals surface area contributed by atoms with Crippen molar-refractivity contribution in [3.8, 4) is 11.8 Å². The maximum Gasteiger partial charge on any atom is 0.243 e. The SMILES string of the molecule is CC1CCC(C)N(S(=O)(=O)c2cccc(C#CCO)c2)C1. The number of sulfonamides is 1. The summed E-state index contributed by atoms with van der Waals surface area (Å²) in [6, 6.07) is 6.63. The highest BCUT2D eigenvalue weighted by molar-refractivity contribution is 7.89. The molecule has 2 unspecified atom stereocenters. The van der Waals surface area contributed by atoms with E-state index in [1.165, 1.54) is 0 Å². The van der Waals surface area contributed by atoms with Crippen molar-refractivity contribution in [2.24, 2.45) is 5.92 Å². The molecule has 1 N–H and O–H groups in total. The van der Waals surface area contributed by atoms with Crippen LogP contribution in [0.15, 0.2) is 29.2 Å². The van der Waals surface area contributed by atoms with Crippen LogP contribution in [0.25, 0.3) is 0 Å². The first kappa shape index (κ1) is 16.0. The van der Waals surface area contributed by atoms with Gasteiger partial charge in [0, 0.05) is 18.2 Å². The molecule has 1 saturated heterocycles. The van der Waals surface area contributed by atoms with E-state index < -0.39 is 10.0 Å². The van der Waals surface area contributed by atoms with Crippen LogP contribution in [0.2, 0.25) is 0 Å². The molecule has 1 fully saturated rings. The molecule has 2 rings (SSSR count). The predicted octanol–water partition coefficient (Wildman–Crippen LogP) is 1.84. The van der Waals surface area contributed by atoms with Crippen LogP contribution in [0.3, 0.4) is 0 Å². The maximum absolute atomic E-state index is 12.8. The van der Waals surface area contributed by atoms with Crippen LogP contribution < -0.4 is 0 Å². The van der Waals surface area contributed by atoms with E-state index in [1.807, 2.05) is 6.92 Å². The van der Waals surface area contributed by atoms with Gasteiger partial charge in [-0.3, -0.25) is 0 Å². The molecule has 1 aromatic rings. The highest BCUT2D eigenvalue weighted by Crippen LogP contribution is 2.28. The van der Waals surface area contributed by atoms with Crippen molar-refractivity contribution in [3.63, 3.8) is 0 Å². The summed E-state index contributed by atoms with van der Waals surface area (Å²) >= 11 is 0. The number of nitrogens with zero attached hydrogens (tertiary/aromatic N) is 1. The number of piperidine rings is 1. The molecule has 0 aromatic heterocycles. The molecule has 5 heteroatoms. The topological polar surface area (TPSA) is 57.6 Å². The number of aliphatic hydroxyl groups is 1. The Hall–Kier alpha value is -1.35. The molecule has 0 amide bonds. The first-order valence-corrected chi connectivity index (χ1v) is 8.61. The third kappa shape index (κ3) is 3.65. The Kier molecular flexibility index (Phi) is 5.04. The number of benzene rings is 1. The molecule has 1 heterocycles. The smallest absolute Gasteiger partial charge is 0.243 e. The molecule has 1 aliphatic rings. The quantitative estimate of drug-likeness (QED) is 0.848. The minimum Gasteiger partial charge on any atom is -0.384 e. The maximum atomic E-state index is 12.8. The molecule has 114 valence electrons. The Morgan fingerprint density at radius 1 is 1.33 bits per heavy atom. The van der Waals surface area contributed by atoms with Crippen LogP contribution in [0.1, 0.15) is 32.3 Å². The minimum atomic E-state index is -3.49. The van der Waals surface area contributed by atoms with Gasteiger partial charge in [-0.1, -0.05) is 24.8 Å². The van der Waals surface area contributed by atoms with E-state index in [4.69, 9.17) is 5.11 Å². The third-order valence-corrected chi connectivity index (χ3v) is 5.79. The van der Waals surface area contributed by atoms with Crippen LogP contribution >= 0.6 is 0 Å². The Morgan fingerprint density at radius 2 is 2.10 bits per heavy atom. The van der Waals surface area contributed by atoms with E-state index in [9.17, 15) is 8.42 Å². The van der Waals surface area contributed by atoms with E-state index in [-0.39, 0.29) is 17.5 Å². The molecule has 0 bridgehead atoms. The van der Waals surface area contributed by atoms with Crippen LogP contribution in [-0.4, -0.2) is 37.0 Å². The van der Waals surface area contributed by atoms with Crippen LogP contribution in [-0.2, 0) is 10.0 Å².